The van der Waals surface area contributed by atoms with Crippen molar-refractivity contribution in [3.8, 4) is 28.3 Å². The number of carbonyl (C=O) groups is 1. The van der Waals surface area contributed by atoms with E-state index in [2.05, 4.69) is 42.5 Å². The van der Waals surface area contributed by atoms with Crippen molar-refractivity contribution in [3.63, 3.8) is 0 Å². The van der Waals surface area contributed by atoms with Crippen LogP contribution in [0.15, 0.2) is 84.9 Å². The number of fused-ring (bicyclic) bond motifs is 1. The molecule has 0 N–H and O–H groups in total. The average molecular weight is 405 g/mol. The molecule has 0 bridgehead atoms. The molecule has 3 heteroatoms. The van der Waals surface area contributed by atoms with Crippen LogP contribution in [0, 0.1) is 11.3 Å². The molecule has 0 saturated heterocycles. The van der Waals surface area contributed by atoms with Gasteiger partial charge in [0, 0.05) is 12.0 Å². The van der Waals surface area contributed by atoms with Gasteiger partial charge in [-0.2, -0.15) is 5.26 Å². The summed E-state index contributed by atoms with van der Waals surface area (Å²) in [4.78, 5) is 12.0. The molecule has 0 fully saturated rings. The highest BCUT2D eigenvalue weighted by molar-refractivity contribution is 5.97. The maximum Gasteiger partial charge on any atom is 0.306 e. The van der Waals surface area contributed by atoms with Crippen LogP contribution in [0.25, 0.3) is 33.0 Å². The summed E-state index contributed by atoms with van der Waals surface area (Å²) >= 11 is 0. The number of hydrogen-bond acceptors (Lipinski definition) is 3. The SMILES string of the molecule is CCOC(=O)CCc1c(C#N)c(-c2ccccc2-c2ccccc2)cc2ccccc12. The zero-order chi connectivity index (χ0) is 21.6. The predicted molar refractivity (Wildman–Crippen MR) is 124 cm³/mol. The minimum absolute atomic E-state index is 0.245. The lowest BCUT2D eigenvalue weighted by atomic mass is 9.86. The normalized spacial score (nSPS) is 10.6. The molecule has 0 unspecified atom stereocenters. The van der Waals surface area contributed by atoms with E-state index in [0.717, 1.165) is 38.6 Å². The summed E-state index contributed by atoms with van der Waals surface area (Å²) in [6.45, 7) is 2.16. The van der Waals surface area contributed by atoms with Crippen LogP contribution in [0.3, 0.4) is 0 Å². The quantitative estimate of drug-likeness (QED) is 0.342. The summed E-state index contributed by atoms with van der Waals surface area (Å²) in [7, 11) is 0. The van der Waals surface area contributed by atoms with Crippen molar-refractivity contribution in [2.75, 3.05) is 6.61 Å². The number of nitrogens with zero attached hydrogens (tertiary/aromatic N) is 1. The van der Waals surface area contributed by atoms with Crippen molar-refractivity contribution in [1.29, 1.82) is 5.26 Å². The third kappa shape index (κ3) is 4.20. The van der Waals surface area contributed by atoms with Gasteiger partial charge in [0.1, 0.15) is 6.07 Å². The lowest BCUT2D eigenvalue weighted by Gasteiger charge is -2.17. The van der Waals surface area contributed by atoms with Gasteiger partial charge in [-0.05, 0) is 52.4 Å². The van der Waals surface area contributed by atoms with E-state index >= 15 is 0 Å². The van der Waals surface area contributed by atoms with Gasteiger partial charge < -0.3 is 4.74 Å². The number of aryl methyl sites for hydroxylation is 1. The highest BCUT2D eigenvalue weighted by Crippen LogP contribution is 2.38. The van der Waals surface area contributed by atoms with Crippen molar-refractivity contribution in [2.24, 2.45) is 0 Å². The van der Waals surface area contributed by atoms with Crippen molar-refractivity contribution < 1.29 is 9.53 Å². The summed E-state index contributed by atoms with van der Waals surface area (Å²) < 4.78 is 5.12. The average Bonchev–Trinajstić information content (AvgIpc) is 2.82. The number of ether oxygens (including phenoxy) is 1. The molecule has 4 aromatic carbocycles. The zero-order valence-electron chi connectivity index (χ0n) is 17.5. The fourth-order valence-corrected chi connectivity index (χ4v) is 4.07. The number of rotatable bonds is 6. The maximum absolute atomic E-state index is 12.0. The van der Waals surface area contributed by atoms with E-state index in [1.54, 1.807) is 6.92 Å². The number of hydrogen-bond donors (Lipinski definition) is 0. The predicted octanol–water partition coefficient (Wildman–Crippen LogP) is 6.54. The van der Waals surface area contributed by atoms with Crippen LogP contribution in [0.1, 0.15) is 24.5 Å². The standard InChI is InChI=1S/C28H23NO2/c1-2-31-28(30)17-16-25-23-14-7-6-12-21(23)18-26(27(25)19-29)24-15-9-8-13-22(24)20-10-4-3-5-11-20/h3-15,18H,2,16-17H2,1H3. The number of nitriles is 1. The molecule has 0 heterocycles. The highest BCUT2D eigenvalue weighted by Gasteiger charge is 2.18. The monoisotopic (exact) mass is 405 g/mol. The molecule has 0 aliphatic rings. The topological polar surface area (TPSA) is 50.1 Å². The number of benzene rings is 4. The van der Waals surface area contributed by atoms with Gasteiger partial charge in [0.05, 0.1) is 12.2 Å². The van der Waals surface area contributed by atoms with Crippen molar-refractivity contribution >= 4 is 16.7 Å². The lowest BCUT2D eigenvalue weighted by Crippen LogP contribution is -2.07. The fraction of sp³-hybridized carbons (Fsp3) is 0.143. The van der Waals surface area contributed by atoms with Crippen LogP contribution in [-0.2, 0) is 16.0 Å². The molecule has 4 rings (SSSR count). The second-order valence-electron chi connectivity index (χ2n) is 7.33. The molecule has 31 heavy (non-hydrogen) atoms. The second kappa shape index (κ2) is 9.28. The van der Waals surface area contributed by atoms with Crippen molar-refractivity contribution in [2.45, 2.75) is 19.8 Å². The van der Waals surface area contributed by atoms with Crippen molar-refractivity contribution in [3.05, 3.63) is 96.1 Å². The second-order valence-corrected chi connectivity index (χ2v) is 7.33. The molecule has 0 radical (unpaired) electrons. The first kappa shape index (κ1) is 20.4. The third-order valence-electron chi connectivity index (χ3n) is 5.46. The van der Waals surface area contributed by atoms with Gasteiger partial charge in [0.25, 0.3) is 0 Å². The van der Waals surface area contributed by atoms with E-state index in [-0.39, 0.29) is 12.4 Å². The molecule has 0 saturated carbocycles. The van der Waals surface area contributed by atoms with E-state index in [1.165, 1.54) is 0 Å². The van der Waals surface area contributed by atoms with Gasteiger partial charge in [-0.3, -0.25) is 4.79 Å². The van der Waals surface area contributed by atoms with Gasteiger partial charge in [-0.15, -0.1) is 0 Å². The van der Waals surface area contributed by atoms with Crippen molar-refractivity contribution in [1.82, 2.24) is 0 Å². The first-order valence-electron chi connectivity index (χ1n) is 10.5. The summed E-state index contributed by atoms with van der Waals surface area (Å²) in [6.07, 6.45) is 0.708. The van der Waals surface area contributed by atoms with E-state index in [4.69, 9.17) is 4.74 Å². The van der Waals surface area contributed by atoms with E-state index < -0.39 is 0 Å². The smallest absolute Gasteiger partial charge is 0.306 e. The van der Waals surface area contributed by atoms with Gasteiger partial charge in [-0.25, -0.2) is 0 Å². The van der Waals surface area contributed by atoms with Crippen LogP contribution in [0.4, 0.5) is 0 Å². The Morgan fingerprint density at radius 1 is 0.871 bits per heavy atom. The summed E-state index contributed by atoms with van der Waals surface area (Å²) in [5.74, 6) is -0.245. The molecule has 0 amide bonds. The zero-order valence-corrected chi connectivity index (χ0v) is 17.5. The van der Waals surface area contributed by atoms with Crippen LogP contribution in [-0.4, -0.2) is 12.6 Å². The Bertz CT molecular complexity index is 1270. The Morgan fingerprint density at radius 3 is 2.29 bits per heavy atom. The minimum Gasteiger partial charge on any atom is -0.466 e. The fourth-order valence-electron chi connectivity index (χ4n) is 4.07. The molecule has 0 aliphatic heterocycles. The third-order valence-corrected chi connectivity index (χ3v) is 5.46. The van der Waals surface area contributed by atoms with E-state index in [1.807, 2.05) is 48.5 Å². The first-order valence-corrected chi connectivity index (χ1v) is 10.5. The van der Waals surface area contributed by atoms with Crippen LogP contribution >= 0.6 is 0 Å². The van der Waals surface area contributed by atoms with Crippen LogP contribution in [0.2, 0.25) is 0 Å². The molecule has 0 spiro atoms. The van der Waals surface area contributed by atoms with E-state index in [9.17, 15) is 10.1 Å². The Labute approximate surface area is 182 Å². The van der Waals surface area contributed by atoms with Gasteiger partial charge in [0.2, 0.25) is 0 Å². The Kier molecular flexibility index (Phi) is 6.10. The molecule has 0 aromatic heterocycles. The minimum atomic E-state index is -0.245. The Hall–Kier alpha value is -3.90. The summed E-state index contributed by atoms with van der Waals surface area (Å²) in [5, 5.41) is 12.2. The molecule has 152 valence electrons. The first-order chi connectivity index (χ1) is 15.2. The lowest BCUT2D eigenvalue weighted by molar-refractivity contribution is -0.143. The molecule has 0 atom stereocenters. The maximum atomic E-state index is 12.0. The number of esters is 1. The summed E-state index contributed by atoms with van der Waals surface area (Å²) in [6, 6.07) is 30.9. The summed E-state index contributed by atoms with van der Waals surface area (Å²) in [5.41, 5.74) is 5.58. The molecule has 4 aromatic rings. The number of carbonyl (C=O) groups excluding carboxylic acids is 1. The largest absolute Gasteiger partial charge is 0.466 e. The molecular weight excluding hydrogens is 382 g/mol. The molecule has 3 nitrogen and oxygen atoms in total. The highest BCUT2D eigenvalue weighted by atomic mass is 16.5. The van der Waals surface area contributed by atoms with Gasteiger partial charge in [-0.1, -0.05) is 78.9 Å². The molecule has 0 aliphatic carbocycles. The Balaban J connectivity index is 1.93. The van der Waals surface area contributed by atoms with Gasteiger partial charge in [0.15, 0.2) is 0 Å². The Morgan fingerprint density at radius 2 is 1.55 bits per heavy atom. The van der Waals surface area contributed by atoms with E-state index in [0.29, 0.717) is 18.6 Å². The van der Waals surface area contributed by atoms with Crippen LogP contribution < -0.4 is 0 Å². The van der Waals surface area contributed by atoms with Gasteiger partial charge >= 0.3 is 5.97 Å². The molecular formula is C28H23NO2. The van der Waals surface area contributed by atoms with Crippen LogP contribution in [0.5, 0.6) is 0 Å².